The van der Waals surface area contributed by atoms with Crippen molar-refractivity contribution in [2.45, 2.75) is 5.41 Å². The number of rotatable bonds is 5. The van der Waals surface area contributed by atoms with E-state index in [9.17, 15) is 0 Å². The summed E-state index contributed by atoms with van der Waals surface area (Å²) in [4.78, 5) is 2.51. The maximum absolute atomic E-state index is 6.87. The van der Waals surface area contributed by atoms with Crippen LogP contribution in [0.25, 0.3) is 77.2 Å². The molecule has 13 rings (SSSR count). The number of fused-ring (bicyclic) bond motifs is 15. The van der Waals surface area contributed by atoms with Crippen LogP contribution >= 0.6 is 0 Å². The number of hydrogen-bond donors (Lipinski definition) is 0. The number of anilines is 3. The Labute approximate surface area is 354 Å². The van der Waals surface area contributed by atoms with Crippen molar-refractivity contribution in [1.29, 1.82) is 0 Å². The highest BCUT2D eigenvalue weighted by Gasteiger charge is 2.51. The van der Waals surface area contributed by atoms with E-state index in [0.29, 0.717) is 0 Å². The van der Waals surface area contributed by atoms with Gasteiger partial charge in [0.25, 0.3) is 0 Å². The van der Waals surface area contributed by atoms with Crippen LogP contribution in [0.3, 0.4) is 0 Å². The van der Waals surface area contributed by atoms with Crippen molar-refractivity contribution < 1.29 is 4.42 Å². The molecule has 10 aromatic carbocycles. The molecule has 0 atom stereocenters. The van der Waals surface area contributed by atoms with E-state index in [1.165, 1.54) is 44.5 Å². The summed E-state index contributed by atoms with van der Waals surface area (Å²) in [6.07, 6.45) is 0. The average Bonchev–Trinajstić information content (AvgIpc) is 3.97. The molecular formula is C59H37NO. The molecular weight excluding hydrogens is 739 g/mol. The lowest BCUT2D eigenvalue weighted by Gasteiger charge is -2.33. The molecule has 0 radical (unpaired) electrons. The molecule has 1 spiro atoms. The minimum absolute atomic E-state index is 0.475. The van der Waals surface area contributed by atoms with E-state index in [2.05, 4.69) is 229 Å². The van der Waals surface area contributed by atoms with Gasteiger partial charge in [-0.05, 0) is 91.5 Å². The number of hydrogen-bond acceptors (Lipinski definition) is 2. The predicted octanol–water partition coefficient (Wildman–Crippen LogP) is 15.9. The van der Waals surface area contributed by atoms with Crippen molar-refractivity contribution >= 4 is 49.8 Å². The first-order valence-electron chi connectivity index (χ1n) is 21.1. The second kappa shape index (κ2) is 13.0. The van der Waals surface area contributed by atoms with Gasteiger partial charge in [0.15, 0.2) is 0 Å². The lowest BCUT2D eigenvalue weighted by Crippen LogP contribution is -2.26. The van der Waals surface area contributed by atoms with Crippen LogP contribution in [0.15, 0.2) is 229 Å². The lowest BCUT2D eigenvalue weighted by molar-refractivity contribution is 0.673. The normalized spacial score (nSPS) is 13.0. The van der Waals surface area contributed by atoms with Crippen LogP contribution in [0.4, 0.5) is 17.1 Å². The summed E-state index contributed by atoms with van der Waals surface area (Å²) in [7, 11) is 0. The Morgan fingerprint density at radius 2 is 0.836 bits per heavy atom. The van der Waals surface area contributed by atoms with Gasteiger partial charge < -0.3 is 9.32 Å². The van der Waals surface area contributed by atoms with Crippen LogP contribution in [0, 0.1) is 0 Å². The maximum atomic E-state index is 6.87. The van der Waals surface area contributed by atoms with Crippen LogP contribution in [0.2, 0.25) is 0 Å². The van der Waals surface area contributed by atoms with E-state index in [1.54, 1.807) is 0 Å². The number of nitrogens with zero attached hydrogens (tertiary/aromatic N) is 1. The molecule has 2 aliphatic carbocycles. The van der Waals surface area contributed by atoms with Gasteiger partial charge in [-0.1, -0.05) is 194 Å². The molecule has 284 valence electrons. The Morgan fingerprint density at radius 1 is 0.328 bits per heavy atom. The first-order valence-corrected chi connectivity index (χ1v) is 21.1. The Morgan fingerprint density at radius 3 is 1.49 bits per heavy atom. The lowest BCUT2D eigenvalue weighted by atomic mass is 9.70. The molecule has 0 N–H and O–H groups in total. The molecule has 0 bridgehead atoms. The second-order valence-corrected chi connectivity index (χ2v) is 16.3. The zero-order valence-corrected chi connectivity index (χ0v) is 33.2. The summed E-state index contributed by atoms with van der Waals surface area (Å²) in [5.41, 5.74) is 19.7. The van der Waals surface area contributed by atoms with Crippen molar-refractivity contribution in [2.75, 3.05) is 4.90 Å². The standard InChI is InChI=1S/C59H37NO/c1-3-18-38(19-4-1)41-22-12-16-32-54(41)60(55-37-49-57-42(39-20-5-2-6-21-39)28-17-33-56(57)61-58(49)48-27-8-7-26-47(48)55)40-34-35-46-45-25-11-15-31-52(45)59(53(46)36-40)50-29-13-9-23-43(50)44-24-10-14-30-51(44)59/h1-37H. The zero-order chi connectivity index (χ0) is 40.1. The summed E-state index contributed by atoms with van der Waals surface area (Å²) in [5, 5.41) is 4.41. The molecule has 2 aliphatic rings. The molecule has 11 aromatic rings. The van der Waals surface area contributed by atoms with Crippen molar-refractivity contribution in [3.05, 3.63) is 247 Å². The van der Waals surface area contributed by atoms with Gasteiger partial charge in [-0.3, -0.25) is 0 Å². The quantitative estimate of drug-likeness (QED) is 0.173. The van der Waals surface area contributed by atoms with E-state index in [4.69, 9.17) is 4.42 Å². The van der Waals surface area contributed by atoms with E-state index in [1.807, 2.05) is 0 Å². The third-order valence-corrected chi connectivity index (χ3v) is 13.3. The molecule has 61 heavy (non-hydrogen) atoms. The molecule has 1 heterocycles. The first-order chi connectivity index (χ1) is 30.3. The molecule has 0 unspecified atom stereocenters. The molecule has 0 amide bonds. The van der Waals surface area contributed by atoms with Crippen molar-refractivity contribution in [3.63, 3.8) is 0 Å². The fourth-order valence-corrected chi connectivity index (χ4v) is 10.8. The molecule has 2 heteroatoms. The highest BCUT2D eigenvalue weighted by atomic mass is 16.3. The predicted molar refractivity (Wildman–Crippen MR) is 253 cm³/mol. The molecule has 2 nitrogen and oxygen atoms in total. The van der Waals surface area contributed by atoms with Crippen molar-refractivity contribution in [3.8, 4) is 44.5 Å². The van der Waals surface area contributed by atoms with Crippen LogP contribution in [0.5, 0.6) is 0 Å². The van der Waals surface area contributed by atoms with Gasteiger partial charge in [0, 0.05) is 32.8 Å². The maximum Gasteiger partial charge on any atom is 0.143 e. The van der Waals surface area contributed by atoms with Crippen LogP contribution < -0.4 is 4.90 Å². The largest absolute Gasteiger partial charge is 0.455 e. The van der Waals surface area contributed by atoms with Gasteiger partial charge in [0.2, 0.25) is 0 Å². The topological polar surface area (TPSA) is 16.4 Å². The monoisotopic (exact) mass is 775 g/mol. The second-order valence-electron chi connectivity index (χ2n) is 16.3. The van der Waals surface area contributed by atoms with Crippen molar-refractivity contribution in [2.24, 2.45) is 0 Å². The summed E-state index contributed by atoms with van der Waals surface area (Å²) >= 11 is 0. The fourth-order valence-electron chi connectivity index (χ4n) is 10.8. The summed E-state index contributed by atoms with van der Waals surface area (Å²) < 4.78 is 6.87. The number of furan rings is 1. The summed E-state index contributed by atoms with van der Waals surface area (Å²) in [6.45, 7) is 0. The van der Waals surface area contributed by atoms with E-state index >= 15 is 0 Å². The first kappa shape index (κ1) is 34.0. The van der Waals surface area contributed by atoms with Gasteiger partial charge in [-0.25, -0.2) is 0 Å². The van der Waals surface area contributed by atoms with E-state index in [-0.39, 0.29) is 0 Å². The number of benzene rings is 10. The Kier molecular flexibility index (Phi) is 7.26. The fraction of sp³-hybridized carbons (Fsp3) is 0.0169. The minimum Gasteiger partial charge on any atom is -0.455 e. The minimum atomic E-state index is -0.475. The molecule has 0 saturated carbocycles. The van der Waals surface area contributed by atoms with Gasteiger partial charge in [-0.2, -0.15) is 0 Å². The highest BCUT2D eigenvalue weighted by molar-refractivity contribution is 6.22. The highest BCUT2D eigenvalue weighted by Crippen LogP contribution is 2.63. The van der Waals surface area contributed by atoms with Gasteiger partial charge in [0.05, 0.1) is 16.8 Å². The van der Waals surface area contributed by atoms with Crippen LogP contribution in [0.1, 0.15) is 22.3 Å². The van der Waals surface area contributed by atoms with Crippen molar-refractivity contribution in [1.82, 2.24) is 0 Å². The summed E-state index contributed by atoms with van der Waals surface area (Å²) in [5.74, 6) is 0. The number of para-hydroxylation sites is 1. The zero-order valence-electron chi connectivity index (χ0n) is 33.2. The Bertz CT molecular complexity index is 3480. The summed E-state index contributed by atoms with van der Waals surface area (Å²) in [6, 6.07) is 82.2. The smallest absolute Gasteiger partial charge is 0.143 e. The van der Waals surface area contributed by atoms with E-state index < -0.39 is 5.41 Å². The van der Waals surface area contributed by atoms with Gasteiger partial charge >= 0.3 is 0 Å². The molecule has 0 saturated heterocycles. The van der Waals surface area contributed by atoms with Gasteiger partial charge in [-0.15, -0.1) is 0 Å². The SMILES string of the molecule is c1ccc(-c2ccccc2N(c2ccc3c(c2)C2(c4ccccc4-c4ccccc42)c2ccccc2-3)c2cc3c(oc4cccc(-c5ccccc5)c43)c3ccccc23)cc1. The third-order valence-electron chi connectivity index (χ3n) is 13.3. The van der Waals surface area contributed by atoms with Crippen LogP contribution in [-0.4, -0.2) is 0 Å². The van der Waals surface area contributed by atoms with Gasteiger partial charge in [0.1, 0.15) is 11.2 Å². The Balaban J connectivity index is 1.15. The molecule has 1 aromatic heterocycles. The molecule has 0 fully saturated rings. The Hall–Kier alpha value is -7.94. The average molecular weight is 776 g/mol. The van der Waals surface area contributed by atoms with Crippen LogP contribution in [-0.2, 0) is 5.41 Å². The molecule has 0 aliphatic heterocycles. The third kappa shape index (κ3) is 4.73. The van der Waals surface area contributed by atoms with E-state index in [0.717, 1.165) is 72.0 Å².